The van der Waals surface area contributed by atoms with E-state index in [4.69, 9.17) is 16.3 Å². The number of ether oxygens (including phenoxy) is 1. The summed E-state index contributed by atoms with van der Waals surface area (Å²) >= 11 is 5.92. The fraction of sp³-hybridized carbons (Fsp3) is 0.391. The number of rotatable bonds is 5. The third-order valence-corrected chi connectivity index (χ3v) is 6.01. The highest BCUT2D eigenvalue weighted by molar-refractivity contribution is 6.30. The first-order valence-corrected chi connectivity index (χ1v) is 10.5. The number of halogens is 1. The maximum Gasteiger partial charge on any atom is 0.257 e. The maximum atomic E-state index is 13.1. The van der Waals surface area contributed by atoms with E-state index in [-0.39, 0.29) is 17.7 Å². The summed E-state index contributed by atoms with van der Waals surface area (Å²) in [7, 11) is 0. The van der Waals surface area contributed by atoms with Gasteiger partial charge in [0.25, 0.3) is 5.91 Å². The molecule has 0 N–H and O–H groups in total. The maximum absolute atomic E-state index is 13.1. The second kappa shape index (κ2) is 8.87. The molecule has 0 unspecified atom stereocenters. The fourth-order valence-electron chi connectivity index (χ4n) is 3.72. The Morgan fingerprint density at radius 2 is 1.59 bits per heavy atom. The van der Waals surface area contributed by atoms with E-state index < -0.39 is 0 Å². The van der Waals surface area contributed by atoms with Gasteiger partial charge in [0, 0.05) is 37.1 Å². The van der Waals surface area contributed by atoms with Crippen molar-refractivity contribution in [1.29, 1.82) is 0 Å². The molecule has 2 fully saturated rings. The normalized spacial score (nSPS) is 17.0. The van der Waals surface area contributed by atoms with Crippen LogP contribution < -0.4 is 4.74 Å². The first-order chi connectivity index (χ1) is 14.1. The number of carbonyl (C=O) groups is 2. The van der Waals surface area contributed by atoms with Crippen molar-refractivity contribution in [1.82, 2.24) is 9.80 Å². The van der Waals surface area contributed by atoms with E-state index in [1.807, 2.05) is 52.3 Å². The van der Waals surface area contributed by atoms with Crippen molar-refractivity contribution in [2.75, 3.05) is 26.2 Å². The SMILES string of the molecule is O=C(c1ccccc1OCc1ccc(Cl)cc1)N1CCN(C(=O)C2CCC2)CC1. The van der Waals surface area contributed by atoms with Gasteiger partial charge in [-0.05, 0) is 42.7 Å². The van der Waals surface area contributed by atoms with Crippen molar-refractivity contribution in [3.63, 3.8) is 0 Å². The Balaban J connectivity index is 1.37. The van der Waals surface area contributed by atoms with E-state index in [2.05, 4.69) is 0 Å². The van der Waals surface area contributed by atoms with Crippen LogP contribution in [0.25, 0.3) is 0 Å². The third-order valence-electron chi connectivity index (χ3n) is 5.76. The van der Waals surface area contributed by atoms with Gasteiger partial charge in [-0.1, -0.05) is 42.3 Å². The van der Waals surface area contributed by atoms with Crippen LogP contribution in [0.5, 0.6) is 5.75 Å². The molecule has 1 saturated heterocycles. The molecule has 1 saturated carbocycles. The molecule has 2 amide bonds. The standard InChI is InChI=1S/C23H25ClN2O3/c24-19-10-8-17(9-11-19)16-29-21-7-2-1-6-20(21)23(28)26-14-12-25(13-15-26)22(27)18-4-3-5-18/h1-2,6-11,18H,3-5,12-16H2. The molecule has 29 heavy (non-hydrogen) atoms. The lowest BCUT2D eigenvalue weighted by Crippen LogP contribution is -2.52. The third kappa shape index (κ3) is 4.56. The van der Waals surface area contributed by atoms with Gasteiger partial charge in [-0.2, -0.15) is 0 Å². The lowest BCUT2D eigenvalue weighted by molar-refractivity contribution is -0.139. The Hall–Kier alpha value is -2.53. The number of hydrogen-bond acceptors (Lipinski definition) is 3. The molecule has 2 aromatic carbocycles. The number of nitrogens with zero attached hydrogens (tertiary/aromatic N) is 2. The summed E-state index contributed by atoms with van der Waals surface area (Å²) in [5.74, 6) is 0.988. The van der Waals surface area contributed by atoms with E-state index in [1.54, 1.807) is 6.07 Å². The topological polar surface area (TPSA) is 49.9 Å². The quantitative estimate of drug-likeness (QED) is 0.745. The van der Waals surface area contributed by atoms with Crippen LogP contribution in [0.1, 0.15) is 35.2 Å². The molecule has 5 nitrogen and oxygen atoms in total. The van der Waals surface area contributed by atoms with E-state index >= 15 is 0 Å². The number of piperazine rings is 1. The minimum Gasteiger partial charge on any atom is -0.488 e. The predicted molar refractivity (Wildman–Crippen MR) is 112 cm³/mol. The van der Waals surface area contributed by atoms with Crippen LogP contribution in [-0.4, -0.2) is 47.8 Å². The number of benzene rings is 2. The molecule has 1 aliphatic heterocycles. The Labute approximate surface area is 176 Å². The molecule has 6 heteroatoms. The Kier molecular flexibility index (Phi) is 6.05. The van der Waals surface area contributed by atoms with Crippen LogP contribution >= 0.6 is 11.6 Å². The molecule has 0 aromatic heterocycles. The summed E-state index contributed by atoms with van der Waals surface area (Å²) in [6.07, 6.45) is 3.17. The van der Waals surface area contributed by atoms with Gasteiger partial charge in [0.15, 0.2) is 0 Å². The van der Waals surface area contributed by atoms with Crippen LogP contribution in [0, 0.1) is 5.92 Å². The van der Waals surface area contributed by atoms with Gasteiger partial charge in [0.1, 0.15) is 12.4 Å². The number of carbonyl (C=O) groups excluding carboxylic acids is 2. The minimum absolute atomic E-state index is 0.0487. The van der Waals surface area contributed by atoms with E-state index in [0.717, 1.165) is 24.8 Å². The number of para-hydroxylation sites is 1. The molecule has 1 heterocycles. The molecule has 2 aromatic rings. The monoisotopic (exact) mass is 412 g/mol. The summed E-state index contributed by atoms with van der Waals surface area (Å²) in [6, 6.07) is 14.8. The summed E-state index contributed by atoms with van der Waals surface area (Å²) in [5, 5.41) is 0.680. The fourth-order valence-corrected chi connectivity index (χ4v) is 3.85. The summed E-state index contributed by atoms with van der Waals surface area (Å²) < 4.78 is 5.93. The lowest BCUT2D eigenvalue weighted by Gasteiger charge is -2.38. The van der Waals surface area contributed by atoms with E-state index in [0.29, 0.717) is 49.1 Å². The minimum atomic E-state index is -0.0487. The summed E-state index contributed by atoms with van der Waals surface area (Å²) in [6.45, 7) is 2.69. The van der Waals surface area contributed by atoms with Crippen LogP contribution in [0.3, 0.4) is 0 Å². The largest absolute Gasteiger partial charge is 0.488 e. The van der Waals surface area contributed by atoms with Crippen molar-refractivity contribution in [3.8, 4) is 5.75 Å². The van der Waals surface area contributed by atoms with E-state index in [1.165, 1.54) is 0 Å². The number of amides is 2. The van der Waals surface area contributed by atoms with Gasteiger partial charge in [0.2, 0.25) is 5.91 Å². The van der Waals surface area contributed by atoms with Crippen molar-refractivity contribution in [2.24, 2.45) is 5.92 Å². The molecule has 0 bridgehead atoms. The highest BCUT2D eigenvalue weighted by atomic mass is 35.5. The molecule has 0 spiro atoms. The summed E-state index contributed by atoms with van der Waals surface area (Å²) in [5.41, 5.74) is 1.54. The highest BCUT2D eigenvalue weighted by Crippen LogP contribution is 2.29. The smallest absolute Gasteiger partial charge is 0.257 e. The Morgan fingerprint density at radius 3 is 2.24 bits per heavy atom. The number of hydrogen-bond donors (Lipinski definition) is 0. The Morgan fingerprint density at radius 1 is 0.931 bits per heavy atom. The summed E-state index contributed by atoms with van der Waals surface area (Å²) in [4.78, 5) is 29.2. The molecular weight excluding hydrogens is 388 g/mol. The van der Waals surface area contributed by atoms with Crippen molar-refractivity contribution < 1.29 is 14.3 Å². The van der Waals surface area contributed by atoms with Crippen LogP contribution in [-0.2, 0) is 11.4 Å². The Bertz CT molecular complexity index is 872. The first kappa shape index (κ1) is 19.8. The molecule has 4 rings (SSSR count). The highest BCUT2D eigenvalue weighted by Gasteiger charge is 2.32. The van der Waals surface area contributed by atoms with Gasteiger partial charge in [-0.3, -0.25) is 9.59 Å². The zero-order valence-corrected chi connectivity index (χ0v) is 17.1. The molecule has 0 radical (unpaired) electrons. The van der Waals surface area contributed by atoms with Gasteiger partial charge in [0.05, 0.1) is 5.56 Å². The molecule has 152 valence electrons. The van der Waals surface area contributed by atoms with E-state index in [9.17, 15) is 9.59 Å². The first-order valence-electron chi connectivity index (χ1n) is 10.2. The van der Waals surface area contributed by atoms with Gasteiger partial charge in [-0.15, -0.1) is 0 Å². The van der Waals surface area contributed by atoms with Gasteiger partial charge >= 0.3 is 0 Å². The van der Waals surface area contributed by atoms with Gasteiger partial charge < -0.3 is 14.5 Å². The second-order valence-electron chi connectivity index (χ2n) is 7.66. The van der Waals surface area contributed by atoms with Crippen molar-refractivity contribution in [3.05, 3.63) is 64.7 Å². The van der Waals surface area contributed by atoms with Crippen molar-refractivity contribution >= 4 is 23.4 Å². The van der Waals surface area contributed by atoms with Crippen LogP contribution in [0.15, 0.2) is 48.5 Å². The zero-order chi connectivity index (χ0) is 20.2. The lowest BCUT2D eigenvalue weighted by atomic mass is 9.84. The van der Waals surface area contributed by atoms with Crippen LogP contribution in [0.2, 0.25) is 5.02 Å². The predicted octanol–water partition coefficient (Wildman–Crippen LogP) is 4.00. The molecule has 0 atom stereocenters. The van der Waals surface area contributed by atoms with Gasteiger partial charge in [-0.25, -0.2) is 0 Å². The molecule has 1 aliphatic carbocycles. The average molecular weight is 413 g/mol. The second-order valence-corrected chi connectivity index (χ2v) is 8.09. The van der Waals surface area contributed by atoms with Crippen molar-refractivity contribution in [2.45, 2.75) is 25.9 Å². The van der Waals surface area contributed by atoms with Crippen LogP contribution in [0.4, 0.5) is 0 Å². The molecular formula is C23H25ClN2O3. The molecule has 2 aliphatic rings. The average Bonchev–Trinajstić information content (AvgIpc) is 2.72. The zero-order valence-electron chi connectivity index (χ0n) is 16.4.